The highest BCUT2D eigenvalue weighted by Gasteiger charge is 2.30. The largest absolute Gasteiger partial charge is 0.490 e. The molecule has 1 fully saturated rings. The van der Waals surface area contributed by atoms with Crippen molar-refractivity contribution in [1.29, 1.82) is 0 Å². The maximum absolute atomic E-state index is 10.5. The van der Waals surface area contributed by atoms with E-state index in [1.165, 1.54) is 16.5 Å². The SMILES string of the molecule is CC1(CO)CCN(CC(O)COc2ccc(C3=CCOCC3)c3ccccc23)CC1. The Labute approximate surface area is 178 Å². The van der Waals surface area contributed by atoms with Crippen molar-refractivity contribution in [2.45, 2.75) is 32.3 Å². The Morgan fingerprint density at radius 2 is 1.90 bits per heavy atom. The van der Waals surface area contributed by atoms with E-state index < -0.39 is 6.10 Å². The first-order valence-corrected chi connectivity index (χ1v) is 11.0. The summed E-state index contributed by atoms with van der Waals surface area (Å²) in [6.07, 6.45) is 4.47. The number of hydrogen-bond acceptors (Lipinski definition) is 5. The number of piperidine rings is 1. The van der Waals surface area contributed by atoms with E-state index >= 15 is 0 Å². The van der Waals surface area contributed by atoms with Crippen LogP contribution in [0.3, 0.4) is 0 Å². The molecule has 0 radical (unpaired) electrons. The number of rotatable bonds is 7. The Morgan fingerprint density at radius 1 is 1.13 bits per heavy atom. The average molecular weight is 412 g/mol. The third-order valence-corrected chi connectivity index (χ3v) is 6.54. The number of fused-ring (bicyclic) bond motifs is 1. The first-order chi connectivity index (χ1) is 14.6. The molecule has 162 valence electrons. The molecule has 2 aromatic carbocycles. The van der Waals surface area contributed by atoms with Crippen molar-refractivity contribution in [3.8, 4) is 5.75 Å². The third kappa shape index (κ3) is 4.86. The number of benzene rings is 2. The van der Waals surface area contributed by atoms with Crippen molar-refractivity contribution >= 4 is 16.3 Å². The first kappa shape index (κ1) is 21.3. The van der Waals surface area contributed by atoms with Gasteiger partial charge in [0.05, 0.1) is 13.2 Å². The fourth-order valence-corrected chi connectivity index (χ4v) is 4.42. The van der Waals surface area contributed by atoms with E-state index in [2.05, 4.69) is 42.2 Å². The van der Waals surface area contributed by atoms with Crippen LogP contribution >= 0.6 is 0 Å². The van der Waals surface area contributed by atoms with Crippen LogP contribution in [0.1, 0.15) is 31.7 Å². The van der Waals surface area contributed by atoms with Crippen LogP contribution in [0.15, 0.2) is 42.5 Å². The molecule has 2 heterocycles. The molecule has 0 aromatic heterocycles. The van der Waals surface area contributed by atoms with E-state index in [-0.39, 0.29) is 18.6 Å². The van der Waals surface area contributed by atoms with Gasteiger partial charge in [-0.3, -0.25) is 0 Å². The second kappa shape index (κ2) is 9.48. The van der Waals surface area contributed by atoms with Gasteiger partial charge < -0.3 is 24.6 Å². The number of aliphatic hydroxyl groups excluding tert-OH is 2. The Kier molecular flexibility index (Phi) is 6.74. The van der Waals surface area contributed by atoms with Crippen LogP contribution in [0.25, 0.3) is 16.3 Å². The Balaban J connectivity index is 1.40. The molecule has 1 unspecified atom stereocenters. The van der Waals surface area contributed by atoms with Crippen molar-refractivity contribution in [3.63, 3.8) is 0 Å². The zero-order valence-corrected chi connectivity index (χ0v) is 17.8. The monoisotopic (exact) mass is 411 g/mol. The van der Waals surface area contributed by atoms with E-state index in [9.17, 15) is 10.2 Å². The minimum absolute atomic E-state index is 0.0263. The zero-order valence-electron chi connectivity index (χ0n) is 17.8. The minimum Gasteiger partial charge on any atom is -0.490 e. The molecule has 2 aliphatic rings. The smallest absolute Gasteiger partial charge is 0.127 e. The van der Waals surface area contributed by atoms with Crippen molar-refractivity contribution in [2.75, 3.05) is 46.1 Å². The zero-order chi connectivity index (χ0) is 21.0. The molecule has 2 aromatic rings. The minimum atomic E-state index is -0.542. The summed E-state index contributed by atoms with van der Waals surface area (Å²) in [6, 6.07) is 12.5. The normalized spacial score (nSPS) is 20.7. The maximum Gasteiger partial charge on any atom is 0.127 e. The Hall–Kier alpha value is -1.92. The van der Waals surface area contributed by atoms with E-state index in [1.54, 1.807) is 0 Å². The third-order valence-electron chi connectivity index (χ3n) is 6.54. The molecule has 0 amide bonds. The lowest BCUT2D eigenvalue weighted by Crippen LogP contribution is -2.44. The van der Waals surface area contributed by atoms with Crippen LogP contribution in [0.2, 0.25) is 0 Å². The van der Waals surface area contributed by atoms with Crippen molar-refractivity contribution in [1.82, 2.24) is 4.90 Å². The van der Waals surface area contributed by atoms with Gasteiger partial charge in [-0.25, -0.2) is 0 Å². The van der Waals surface area contributed by atoms with Crippen molar-refractivity contribution in [2.24, 2.45) is 5.41 Å². The summed E-state index contributed by atoms with van der Waals surface area (Å²) in [5, 5.41) is 22.3. The second-order valence-electron chi connectivity index (χ2n) is 8.95. The lowest BCUT2D eigenvalue weighted by atomic mass is 9.81. The topological polar surface area (TPSA) is 62.2 Å². The van der Waals surface area contributed by atoms with Crippen LogP contribution in [0, 0.1) is 5.41 Å². The highest BCUT2D eigenvalue weighted by molar-refractivity contribution is 5.97. The Bertz CT molecular complexity index is 886. The van der Waals surface area contributed by atoms with Gasteiger partial charge in [-0.15, -0.1) is 0 Å². The van der Waals surface area contributed by atoms with Crippen LogP contribution < -0.4 is 4.74 Å². The number of nitrogens with zero attached hydrogens (tertiary/aromatic N) is 1. The summed E-state index contributed by atoms with van der Waals surface area (Å²) >= 11 is 0. The van der Waals surface area contributed by atoms with Gasteiger partial charge in [0.25, 0.3) is 0 Å². The molecule has 0 aliphatic carbocycles. The van der Waals surface area contributed by atoms with Gasteiger partial charge in [0.15, 0.2) is 0 Å². The Morgan fingerprint density at radius 3 is 2.60 bits per heavy atom. The van der Waals surface area contributed by atoms with E-state index in [4.69, 9.17) is 9.47 Å². The molecule has 0 spiro atoms. The molecular formula is C25H33NO4. The maximum atomic E-state index is 10.5. The lowest BCUT2D eigenvalue weighted by molar-refractivity contribution is 0.0221. The number of β-amino-alcohol motifs (C(OH)–C–C–N with tert-alkyl or cyclic N) is 1. The summed E-state index contributed by atoms with van der Waals surface area (Å²) in [4.78, 5) is 2.27. The quantitative estimate of drug-likeness (QED) is 0.730. The molecule has 2 aliphatic heterocycles. The predicted molar refractivity (Wildman–Crippen MR) is 120 cm³/mol. The summed E-state index contributed by atoms with van der Waals surface area (Å²) in [6.45, 7) is 6.49. The molecular weight excluding hydrogens is 378 g/mol. The van der Waals surface area contributed by atoms with Crippen LogP contribution in [-0.4, -0.2) is 67.3 Å². The fourth-order valence-electron chi connectivity index (χ4n) is 4.42. The molecule has 2 N–H and O–H groups in total. The molecule has 4 rings (SSSR count). The first-order valence-electron chi connectivity index (χ1n) is 11.0. The standard InChI is InChI=1S/C25H33NO4/c1-25(18-27)10-12-26(13-11-25)16-20(28)17-30-24-7-6-21(19-8-14-29-15-9-19)22-4-2-3-5-23(22)24/h2-8,20,27-28H,9-18H2,1H3. The second-order valence-corrected chi connectivity index (χ2v) is 8.95. The van der Waals surface area contributed by atoms with Gasteiger partial charge in [-0.2, -0.15) is 0 Å². The summed E-state index contributed by atoms with van der Waals surface area (Å²) in [7, 11) is 0. The highest BCUT2D eigenvalue weighted by atomic mass is 16.5. The van der Waals surface area contributed by atoms with Gasteiger partial charge in [-0.1, -0.05) is 43.3 Å². The number of ether oxygens (including phenoxy) is 2. The van der Waals surface area contributed by atoms with Crippen LogP contribution in [0.4, 0.5) is 0 Å². The van der Waals surface area contributed by atoms with E-state index in [0.717, 1.165) is 50.1 Å². The molecule has 1 saturated heterocycles. The molecule has 5 heteroatoms. The van der Waals surface area contributed by atoms with E-state index in [1.807, 2.05) is 12.1 Å². The fraction of sp³-hybridized carbons (Fsp3) is 0.520. The predicted octanol–water partition coefficient (Wildman–Crippen LogP) is 3.48. The summed E-state index contributed by atoms with van der Waals surface area (Å²) < 4.78 is 11.5. The molecule has 0 saturated carbocycles. The van der Waals surface area contributed by atoms with Crippen LogP contribution in [0.5, 0.6) is 5.75 Å². The number of aliphatic hydroxyl groups is 2. The molecule has 1 atom stereocenters. The summed E-state index contributed by atoms with van der Waals surface area (Å²) in [5.74, 6) is 0.813. The van der Waals surface area contributed by atoms with Gasteiger partial charge in [0, 0.05) is 18.5 Å². The van der Waals surface area contributed by atoms with Gasteiger partial charge in [0.1, 0.15) is 18.5 Å². The van der Waals surface area contributed by atoms with E-state index in [0.29, 0.717) is 13.2 Å². The van der Waals surface area contributed by atoms with Crippen molar-refractivity contribution in [3.05, 3.63) is 48.0 Å². The van der Waals surface area contributed by atoms with Gasteiger partial charge >= 0.3 is 0 Å². The van der Waals surface area contributed by atoms with Gasteiger partial charge in [-0.05, 0) is 60.4 Å². The highest BCUT2D eigenvalue weighted by Crippen LogP contribution is 2.34. The van der Waals surface area contributed by atoms with Crippen molar-refractivity contribution < 1.29 is 19.7 Å². The molecule has 5 nitrogen and oxygen atoms in total. The average Bonchev–Trinajstić information content (AvgIpc) is 2.79. The molecule has 30 heavy (non-hydrogen) atoms. The lowest BCUT2D eigenvalue weighted by Gasteiger charge is -2.38. The molecule has 0 bridgehead atoms. The number of likely N-dealkylation sites (tertiary alicyclic amines) is 1. The van der Waals surface area contributed by atoms with Crippen LogP contribution in [-0.2, 0) is 4.74 Å². The summed E-state index contributed by atoms with van der Waals surface area (Å²) in [5.41, 5.74) is 2.59. The van der Waals surface area contributed by atoms with Gasteiger partial charge in [0.2, 0.25) is 0 Å². The number of hydrogen-bond donors (Lipinski definition) is 2.